The molecule has 3 heteroatoms. The van der Waals surface area contributed by atoms with Gasteiger partial charge in [-0.25, -0.2) is 0 Å². The molecule has 0 bridgehead atoms. The molecule has 0 aromatic heterocycles. The van der Waals surface area contributed by atoms with Crippen molar-refractivity contribution in [1.82, 2.24) is 0 Å². The summed E-state index contributed by atoms with van der Waals surface area (Å²) in [7, 11) is 0. The summed E-state index contributed by atoms with van der Waals surface area (Å²) in [4.78, 5) is 11.0. The van der Waals surface area contributed by atoms with E-state index in [0.717, 1.165) is 0 Å². The van der Waals surface area contributed by atoms with Crippen LogP contribution in [-0.4, -0.2) is 17.5 Å². The molecule has 3 nitrogen and oxygen atoms in total. The molecular weight excluding hydrogens is 154 g/mol. The molecule has 1 N–H and O–H groups in total. The molecule has 0 amide bonds. The van der Waals surface area contributed by atoms with Crippen LogP contribution in [0.2, 0.25) is 0 Å². The van der Waals surface area contributed by atoms with Crippen LogP contribution in [0, 0.1) is 11.3 Å². The first kappa shape index (κ1) is 8.44. The van der Waals surface area contributed by atoms with Crippen molar-refractivity contribution in [3.05, 3.63) is 35.4 Å². The SMILES string of the molecule is N#Cc1ccccc1C(=O)CO. The van der Waals surface area contributed by atoms with Gasteiger partial charge in [-0.1, -0.05) is 12.1 Å². The monoisotopic (exact) mass is 161 g/mol. The van der Waals surface area contributed by atoms with Crippen molar-refractivity contribution in [2.24, 2.45) is 0 Å². The van der Waals surface area contributed by atoms with Crippen molar-refractivity contribution in [2.75, 3.05) is 6.61 Å². The topological polar surface area (TPSA) is 61.1 Å². The molecular formula is C9H7NO2. The van der Waals surface area contributed by atoms with E-state index in [0.29, 0.717) is 5.56 Å². The molecule has 1 rings (SSSR count). The largest absolute Gasteiger partial charge is 0.388 e. The van der Waals surface area contributed by atoms with Crippen molar-refractivity contribution in [2.45, 2.75) is 0 Å². The summed E-state index contributed by atoms with van der Waals surface area (Å²) >= 11 is 0. The number of carbonyl (C=O) groups excluding carboxylic acids is 1. The Balaban J connectivity index is 3.16. The number of aliphatic hydroxyl groups is 1. The van der Waals surface area contributed by atoms with Gasteiger partial charge in [0.1, 0.15) is 6.61 Å². The van der Waals surface area contributed by atoms with E-state index in [4.69, 9.17) is 10.4 Å². The smallest absolute Gasteiger partial charge is 0.189 e. The lowest BCUT2D eigenvalue weighted by atomic mass is 10.1. The van der Waals surface area contributed by atoms with Gasteiger partial charge in [0.15, 0.2) is 5.78 Å². The maximum atomic E-state index is 11.0. The third-order valence-corrected chi connectivity index (χ3v) is 1.49. The summed E-state index contributed by atoms with van der Waals surface area (Å²) < 4.78 is 0. The zero-order valence-electron chi connectivity index (χ0n) is 6.32. The van der Waals surface area contributed by atoms with Gasteiger partial charge in [0.05, 0.1) is 11.6 Å². The zero-order valence-corrected chi connectivity index (χ0v) is 6.32. The summed E-state index contributed by atoms with van der Waals surface area (Å²) in [5.41, 5.74) is 0.582. The minimum absolute atomic E-state index is 0.280. The first-order valence-corrected chi connectivity index (χ1v) is 3.42. The van der Waals surface area contributed by atoms with Gasteiger partial charge in [-0.2, -0.15) is 5.26 Å². The van der Waals surface area contributed by atoms with Crippen molar-refractivity contribution in [3.63, 3.8) is 0 Å². The number of ketones is 1. The van der Waals surface area contributed by atoms with Crippen LogP contribution in [0.25, 0.3) is 0 Å². The number of Topliss-reactive ketones (excluding diaryl/α,β-unsaturated/α-hetero) is 1. The van der Waals surface area contributed by atoms with E-state index < -0.39 is 12.4 Å². The van der Waals surface area contributed by atoms with Crippen LogP contribution in [-0.2, 0) is 0 Å². The van der Waals surface area contributed by atoms with Gasteiger partial charge in [0, 0.05) is 5.56 Å². The quantitative estimate of drug-likeness (QED) is 0.650. The van der Waals surface area contributed by atoms with Gasteiger partial charge < -0.3 is 5.11 Å². The Labute approximate surface area is 69.9 Å². The minimum atomic E-state index is -0.557. The average Bonchev–Trinajstić information content (AvgIpc) is 2.16. The summed E-state index contributed by atoms with van der Waals surface area (Å²) in [5, 5.41) is 17.1. The van der Waals surface area contributed by atoms with Gasteiger partial charge in [-0.3, -0.25) is 4.79 Å². The molecule has 0 aliphatic heterocycles. The van der Waals surface area contributed by atoms with Crippen LogP contribution < -0.4 is 0 Å². The van der Waals surface area contributed by atoms with Crippen molar-refractivity contribution in [1.29, 1.82) is 5.26 Å². The highest BCUT2D eigenvalue weighted by molar-refractivity contribution is 5.99. The molecule has 0 atom stereocenters. The van der Waals surface area contributed by atoms with E-state index in [-0.39, 0.29) is 5.56 Å². The van der Waals surface area contributed by atoms with E-state index in [2.05, 4.69) is 0 Å². The number of hydrogen-bond acceptors (Lipinski definition) is 3. The van der Waals surface area contributed by atoms with Crippen LogP contribution in [0.3, 0.4) is 0 Å². The third kappa shape index (κ3) is 1.49. The van der Waals surface area contributed by atoms with Gasteiger partial charge in [-0.15, -0.1) is 0 Å². The normalized spacial score (nSPS) is 9.00. The molecule has 12 heavy (non-hydrogen) atoms. The van der Waals surface area contributed by atoms with Crippen LogP contribution in [0.1, 0.15) is 15.9 Å². The standard InChI is InChI=1S/C9H7NO2/c10-5-7-3-1-2-4-8(7)9(12)6-11/h1-4,11H,6H2. The molecule has 0 aliphatic rings. The fraction of sp³-hybridized carbons (Fsp3) is 0.111. The number of aliphatic hydroxyl groups excluding tert-OH is 1. The second kappa shape index (κ2) is 3.65. The Hall–Kier alpha value is -1.66. The lowest BCUT2D eigenvalue weighted by Crippen LogP contribution is -2.06. The van der Waals surface area contributed by atoms with Crippen LogP contribution >= 0.6 is 0 Å². The number of benzene rings is 1. The molecule has 0 heterocycles. The van der Waals surface area contributed by atoms with E-state index in [1.807, 2.05) is 6.07 Å². The lowest BCUT2D eigenvalue weighted by molar-refractivity contribution is 0.0903. The fourth-order valence-electron chi connectivity index (χ4n) is 0.909. The predicted molar refractivity (Wildman–Crippen MR) is 42.6 cm³/mol. The number of rotatable bonds is 2. The van der Waals surface area contributed by atoms with Gasteiger partial charge in [-0.05, 0) is 12.1 Å². The predicted octanol–water partition coefficient (Wildman–Crippen LogP) is 0.733. The molecule has 0 radical (unpaired) electrons. The molecule has 1 aromatic rings. The summed E-state index contributed by atoms with van der Waals surface area (Å²) in [6, 6.07) is 8.28. The second-order valence-corrected chi connectivity index (χ2v) is 2.24. The van der Waals surface area contributed by atoms with Crippen LogP contribution in [0.5, 0.6) is 0 Å². The average molecular weight is 161 g/mol. The highest BCUT2D eigenvalue weighted by Crippen LogP contribution is 2.07. The summed E-state index contributed by atoms with van der Waals surface area (Å²) in [6.07, 6.45) is 0. The molecule has 60 valence electrons. The second-order valence-electron chi connectivity index (χ2n) is 2.24. The zero-order chi connectivity index (χ0) is 8.97. The maximum Gasteiger partial charge on any atom is 0.189 e. The van der Waals surface area contributed by atoms with Crippen molar-refractivity contribution >= 4 is 5.78 Å². The molecule has 0 spiro atoms. The van der Waals surface area contributed by atoms with Gasteiger partial charge in [0.25, 0.3) is 0 Å². The third-order valence-electron chi connectivity index (χ3n) is 1.49. The molecule has 0 fully saturated rings. The first-order chi connectivity index (χ1) is 5.79. The minimum Gasteiger partial charge on any atom is -0.388 e. The Morgan fingerprint density at radius 1 is 1.50 bits per heavy atom. The first-order valence-electron chi connectivity index (χ1n) is 3.42. The Bertz CT molecular complexity index is 339. The van der Waals surface area contributed by atoms with E-state index >= 15 is 0 Å². The number of nitrogens with zero attached hydrogens (tertiary/aromatic N) is 1. The molecule has 0 saturated carbocycles. The molecule has 0 saturated heterocycles. The van der Waals surface area contributed by atoms with Gasteiger partial charge in [0.2, 0.25) is 0 Å². The number of hydrogen-bond donors (Lipinski definition) is 1. The van der Waals surface area contributed by atoms with Crippen molar-refractivity contribution in [3.8, 4) is 6.07 Å². The summed E-state index contributed by atoms with van der Waals surface area (Å²) in [6.45, 7) is -0.557. The Kier molecular flexibility index (Phi) is 2.57. The lowest BCUT2D eigenvalue weighted by Gasteiger charge is -1.97. The number of carbonyl (C=O) groups is 1. The summed E-state index contributed by atoms with van der Waals surface area (Å²) in [5.74, 6) is -0.424. The van der Waals surface area contributed by atoms with E-state index in [9.17, 15) is 4.79 Å². The molecule has 1 aromatic carbocycles. The highest BCUT2D eigenvalue weighted by Gasteiger charge is 2.07. The van der Waals surface area contributed by atoms with Crippen LogP contribution in [0.4, 0.5) is 0 Å². The van der Waals surface area contributed by atoms with E-state index in [1.54, 1.807) is 18.2 Å². The molecule has 0 aliphatic carbocycles. The van der Waals surface area contributed by atoms with E-state index in [1.165, 1.54) is 6.07 Å². The van der Waals surface area contributed by atoms with Crippen molar-refractivity contribution < 1.29 is 9.90 Å². The highest BCUT2D eigenvalue weighted by atomic mass is 16.3. The fourth-order valence-corrected chi connectivity index (χ4v) is 0.909. The maximum absolute atomic E-state index is 11.0. The Morgan fingerprint density at radius 3 is 2.75 bits per heavy atom. The Morgan fingerprint density at radius 2 is 2.17 bits per heavy atom. The molecule has 0 unspecified atom stereocenters. The van der Waals surface area contributed by atoms with Gasteiger partial charge >= 0.3 is 0 Å². The van der Waals surface area contributed by atoms with Crippen LogP contribution in [0.15, 0.2) is 24.3 Å². The number of nitriles is 1.